The van der Waals surface area contributed by atoms with E-state index in [1.165, 1.54) is 0 Å². The summed E-state index contributed by atoms with van der Waals surface area (Å²) in [6, 6.07) is 5.60. The number of nitrogens with zero attached hydrogens (tertiary/aromatic N) is 7. The Balaban J connectivity index is 1.38. The van der Waals surface area contributed by atoms with Crippen molar-refractivity contribution in [3.8, 4) is 11.5 Å². The van der Waals surface area contributed by atoms with Crippen LogP contribution in [0.5, 0.6) is 0 Å². The van der Waals surface area contributed by atoms with Crippen LogP contribution in [0.1, 0.15) is 35.4 Å². The van der Waals surface area contributed by atoms with E-state index in [0.29, 0.717) is 37.1 Å². The summed E-state index contributed by atoms with van der Waals surface area (Å²) >= 11 is 0. The van der Waals surface area contributed by atoms with Crippen LogP contribution in [0.3, 0.4) is 0 Å². The van der Waals surface area contributed by atoms with Crippen LogP contribution in [-0.4, -0.2) is 66.8 Å². The molecule has 0 atom stereocenters. The first kappa shape index (κ1) is 19.3. The van der Waals surface area contributed by atoms with Gasteiger partial charge in [-0.1, -0.05) is 0 Å². The van der Waals surface area contributed by atoms with E-state index in [0.717, 1.165) is 37.3 Å². The van der Waals surface area contributed by atoms with Crippen molar-refractivity contribution in [2.24, 2.45) is 0 Å². The van der Waals surface area contributed by atoms with Crippen molar-refractivity contribution in [1.29, 1.82) is 0 Å². The first-order valence-electron chi connectivity index (χ1n) is 9.93. The molecule has 0 radical (unpaired) electrons. The average molecular weight is 395 g/mol. The Hall–Kier alpha value is -3.07. The van der Waals surface area contributed by atoms with Crippen molar-refractivity contribution in [3.63, 3.8) is 0 Å². The summed E-state index contributed by atoms with van der Waals surface area (Å²) in [4.78, 5) is 21.2. The number of aromatic nitrogens is 5. The molecule has 1 saturated heterocycles. The van der Waals surface area contributed by atoms with E-state index < -0.39 is 0 Å². The summed E-state index contributed by atoms with van der Waals surface area (Å²) in [5.41, 5.74) is 2.34. The Morgan fingerprint density at radius 2 is 2.10 bits per heavy atom. The number of carbonyl (C=O) groups excluding carboxylic acids is 1. The molecule has 0 aromatic carbocycles. The van der Waals surface area contributed by atoms with Gasteiger partial charge in [0, 0.05) is 45.1 Å². The number of carbonyl (C=O) groups is 1. The van der Waals surface area contributed by atoms with E-state index in [1.54, 1.807) is 17.1 Å². The molecular weight excluding hydrogens is 370 g/mol. The lowest BCUT2D eigenvalue weighted by molar-refractivity contribution is 0.0748. The van der Waals surface area contributed by atoms with Crippen LogP contribution in [-0.2, 0) is 13.1 Å². The molecule has 0 N–H and O–H groups in total. The molecule has 29 heavy (non-hydrogen) atoms. The second kappa shape index (κ2) is 8.52. The van der Waals surface area contributed by atoms with Crippen molar-refractivity contribution >= 4 is 5.91 Å². The highest BCUT2D eigenvalue weighted by Crippen LogP contribution is 2.18. The normalized spacial score (nSPS) is 15.4. The lowest BCUT2D eigenvalue weighted by Crippen LogP contribution is -2.36. The SMILES string of the molecule is CCn1nc(C)cc1C(=O)N1CCCN(Cc2nnc(-c3cccnc3)o2)CC1. The minimum Gasteiger partial charge on any atom is -0.419 e. The molecule has 3 aromatic rings. The highest BCUT2D eigenvalue weighted by atomic mass is 16.4. The van der Waals surface area contributed by atoms with Gasteiger partial charge in [-0.05, 0) is 38.5 Å². The first-order chi connectivity index (χ1) is 14.1. The average Bonchev–Trinajstić information content (AvgIpc) is 3.29. The van der Waals surface area contributed by atoms with E-state index >= 15 is 0 Å². The number of hydrogen-bond acceptors (Lipinski definition) is 7. The molecule has 0 spiro atoms. The van der Waals surface area contributed by atoms with Gasteiger partial charge in [-0.25, -0.2) is 0 Å². The van der Waals surface area contributed by atoms with Crippen molar-refractivity contribution in [1.82, 2.24) is 34.8 Å². The molecule has 9 nitrogen and oxygen atoms in total. The van der Waals surface area contributed by atoms with Crippen LogP contribution in [0.2, 0.25) is 0 Å². The van der Waals surface area contributed by atoms with Gasteiger partial charge in [0.2, 0.25) is 11.8 Å². The van der Waals surface area contributed by atoms with E-state index in [2.05, 4.69) is 25.2 Å². The molecule has 0 aliphatic carbocycles. The molecular formula is C20H25N7O2. The molecule has 0 bridgehead atoms. The number of pyridine rings is 1. The fraction of sp³-hybridized carbons (Fsp3) is 0.450. The molecule has 152 valence electrons. The third-order valence-corrected chi connectivity index (χ3v) is 5.03. The van der Waals surface area contributed by atoms with E-state index in [4.69, 9.17) is 4.42 Å². The van der Waals surface area contributed by atoms with E-state index in [1.807, 2.05) is 36.9 Å². The van der Waals surface area contributed by atoms with Gasteiger partial charge in [0.1, 0.15) is 5.69 Å². The second-order valence-electron chi connectivity index (χ2n) is 7.15. The van der Waals surface area contributed by atoms with Crippen LogP contribution in [0.4, 0.5) is 0 Å². The number of hydrogen-bond donors (Lipinski definition) is 0. The van der Waals surface area contributed by atoms with Crippen molar-refractivity contribution in [2.75, 3.05) is 26.2 Å². The molecule has 1 amide bonds. The third kappa shape index (κ3) is 4.34. The predicted octanol–water partition coefficient (Wildman–Crippen LogP) is 2.00. The van der Waals surface area contributed by atoms with Gasteiger partial charge >= 0.3 is 0 Å². The van der Waals surface area contributed by atoms with Crippen LogP contribution >= 0.6 is 0 Å². The minimum atomic E-state index is 0.0472. The fourth-order valence-corrected chi connectivity index (χ4v) is 3.57. The summed E-state index contributed by atoms with van der Waals surface area (Å²) in [5.74, 6) is 1.09. The minimum absolute atomic E-state index is 0.0472. The Morgan fingerprint density at radius 3 is 2.90 bits per heavy atom. The summed E-state index contributed by atoms with van der Waals surface area (Å²) in [7, 11) is 0. The van der Waals surface area contributed by atoms with Gasteiger partial charge in [-0.3, -0.25) is 19.4 Å². The molecule has 4 rings (SSSR count). The van der Waals surface area contributed by atoms with Crippen LogP contribution in [0.25, 0.3) is 11.5 Å². The highest BCUT2D eigenvalue weighted by molar-refractivity contribution is 5.92. The standard InChI is InChI=1S/C20H25N7O2/c1-3-27-17(12-15(2)24-27)20(28)26-9-5-8-25(10-11-26)14-18-22-23-19(29-18)16-6-4-7-21-13-16/h4,6-7,12-13H,3,5,8-11,14H2,1-2H3. The molecule has 0 saturated carbocycles. The van der Waals surface area contributed by atoms with Crippen LogP contribution < -0.4 is 0 Å². The highest BCUT2D eigenvalue weighted by Gasteiger charge is 2.24. The van der Waals surface area contributed by atoms with Gasteiger partial charge in [0.05, 0.1) is 17.8 Å². The van der Waals surface area contributed by atoms with Crippen molar-refractivity contribution in [2.45, 2.75) is 33.4 Å². The first-order valence-corrected chi connectivity index (χ1v) is 9.93. The summed E-state index contributed by atoms with van der Waals surface area (Å²) < 4.78 is 7.57. The maximum atomic E-state index is 13.0. The Morgan fingerprint density at radius 1 is 1.21 bits per heavy atom. The number of aryl methyl sites for hydroxylation is 2. The molecule has 1 aliphatic rings. The Kier molecular flexibility index (Phi) is 5.66. The van der Waals surface area contributed by atoms with Crippen LogP contribution in [0, 0.1) is 6.92 Å². The van der Waals surface area contributed by atoms with Gasteiger partial charge in [-0.15, -0.1) is 10.2 Å². The Bertz CT molecular complexity index is 966. The molecule has 0 unspecified atom stereocenters. The molecule has 3 aromatic heterocycles. The van der Waals surface area contributed by atoms with E-state index in [-0.39, 0.29) is 5.91 Å². The van der Waals surface area contributed by atoms with Crippen molar-refractivity contribution < 1.29 is 9.21 Å². The molecule has 9 heteroatoms. The largest absolute Gasteiger partial charge is 0.419 e. The molecule has 4 heterocycles. The molecule has 1 aliphatic heterocycles. The zero-order valence-electron chi connectivity index (χ0n) is 16.8. The zero-order chi connectivity index (χ0) is 20.2. The Labute approximate surface area is 169 Å². The van der Waals surface area contributed by atoms with Gasteiger partial charge in [-0.2, -0.15) is 5.10 Å². The van der Waals surface area contributed by atoms with E-state index in [9.17, 15) is 4.79 Å². The lowest BCUT2D eigenvalue weighted by Gasteiger charge is -2.21. The summed E-state index contributed by atoms with van der Waals surface area (Å²) in [6.07, 6.45) is 4.31. The molecule has 1 fully saturated rings. The predicted molar refractivity (Wildman–Crippen MR) is 106 cm³/mol. The summed E-state index contributed by atoms with van der Waals surface area (Å²) in [6.45, 7) is 8.20. The lowest BCUT2D eigenvalue weighted by atomic mass is 10.3. The van der Waals surface area contributed by atoms with Crippen molar-refractivity contribution in [3.05, 3.63) is 47.9 Å². The third-order valence-electron chi connectivity index (χ3n) is 5.03. The van der Waals surface area contributed by atoms with Gasteiger partial charge in [0.25, 0.3) is 5.91 Å². The maximum Gasteiger partial charge on any atom is 0.272 e. The quantitative estimate of drug-likeness (QED) is 0.652. The monoisotopic (exact) mass is 395 g/mol. The number of rotatable bonds is 5. The smallest absolute Gasteiger partial charge is 0.272 e. The summed E-state index contributed by atoms with van der Waals surface area (Å²) in [5, 5.41) is 12.7. The van der Waals surface area contributed by atoms with Crippen LogP contribution in [0.15, 0.2) is 35.0 Å². The topological polar surface area (TPSA) is 93.2 Å². The fourth-order valence-electron chi connectivity index (χ4n) is 3.57. The number of amides is 1. The van der Waals surface area contributed by atoms with Gasteiger partial charge in [0.15, 0.2) is 0 Å². The second-order valence-corrected chi connectivity index (χ2v) is 7.15. The van der Waals surface area contributed by atoms with Gasteiger partial charge < -0.3 is 9.32 Å². The zero-order valence-corrected chi connectivity index (χ0v) is 16.8. The maximum absolute atomic E-state index is 13.0.